The van der Waals surface area contributed by atoms with E-state index in [1.807, 2.05) is 30.3 Å². The number of ether oxygens (including phenoxy) is 1. The second-order valence-electron chi connectivity index (χ2n) is 9.00. The topological polar surface area (TPSA) is 109 Å². The standard InChI is InChI=1S/C26H34N4O4S/c1-2-34-25(32)21-19-10-6-7-11-20(19)35-24(21)30-26(33)29-22(18-12-14-27-15-13-18)23(31)28-16-17-8-4-3-5-9-17/h3-5,8-9,18,22,27H,2,6-7,10-16H2,1H3,(H,28,31)(H2,29,30,33). The van der Waals surface area contributed by atoms with Crippen molar-refractivity contribution in [3.05, 3.63) is 51.9 Å². The van der Waals surface area contributed by atoms with Gasteiger partial charge in [0.2, 0.25) is 5.91 Å². The first-order valence-corrected chi connectivity index (χ1v) is 13.3. The zero-order valence-electron chi connectivity index (χ0n) is 20.2. The molecule has 0 bridgehead atoms. The number of fused-ring (bicyclic) bond motifs is 1. The Labute approximate surface area is 210 Å². The number of hydrogen-bond acceptors (Lipinski definition) is 6. The van der Waals surface area contributed by atoms with Crippen LogP contribution in [0.3, 0.4) is 0 Å². The Kier molecular flexibility index (Phi) is 8.76. The molecule has 9 heteroatoms. The fraction of sp³-hybridized carbons (Fsp3) is 0.500. The molecule has 1 aliphatic carbocycles. The van der Waals surface area contributed by atoms with Gasteiger partial charge in [0.1, 0.15) is 11.0 Å². The Morgan fingerprint density at radius 3 is 2.60 bits per heavy atom. The number of hydrogen-bond donors (Lipinski definition) is 4. The minimum atomic E-state index is -0.665. The molecule has 4 N–H and O–H groups in total. The smallest absolute Gasteiger partial charge is 0.341 e. The van der Waals surface area contributed by atoms with E-state index in [1.54, 1.807) is 6.92 Å². The molecule has 1 aliphatic heterocycles. The van der Waals surface area contributed by atoms with Crippen LogP contribution >= 0.6 is 11.3 Å². The number of anilines is 1. The molecule has 2 aromatic rings. The van der Waals surface area contributed by atoms with E-state index in [4.69, 9.17) is 4.74 Å². The van der Waals surface area contributed by atoms with Gasteiger partial charge in [-0.15, -0.1) is 11.3 Å². The van der Waals surface area contributed by atoms with Crippen LogP contribution in [-0.2, 0) is 28.9 Å². The van der Waals surface area contributed by atoms with Crippen molar-refractivity contribution < 1.29 is 19.1 Å². The highest BCUT2D eigenvalue weighted by atomic mass is 32.1. The van der Waals surface area contributed by atoms with Crippen LogP contribution in [0.2, 0.25) is 0 Å². The molecular weight excluding hydrogens is 464 g/mol. The molecule has 8 nitrogen and oxygen atoms in total. The summed E-state index contributed by atoms with van der Waals surface area (Å²) in [6, 6.07) is 8.56. The van der Waals surface area contributed by atoms with Gasteiger partial charge in [0.15, 0.2) is 0 Å². The van der Waals surface area contributed by atoms with Gasteiger partial charge < -0.3 is 20.7 Å². The van der Waals surface area contributed by atoms with Crippen LogP contribution in [-0.4, -0.2) is 43.6 Å². The second-order valence-corrected chi connectivity index (χ2v) is 10.1. The summed E-state index contributed by atoms with van der Waals surface area (Å²) >= 11 is 1.44. The van der Waals surface area contributed by atoms with Gasteiger partial charge in [-0.25, -0.2) is 9.59 Å². The van der Waals surface area contributed by atoms with E-state index in [-0.39, 0.29) is 18.4 Å². The summed E-state index contributed by atoms with van der Waals surface area (Å²) < 4.78 is 5.29. The van der Waals surface area contributed by atoms with Crippen LogP contribution in [0.5, 0.6) is 0 Å². The summed E-state index contributed by atoms with van der Waals surface area (Å²) in [7, 11) is 0. The quantitative estimate of drug-likeness (QED) is 0.416. The van der Waals surface area contributed by atoms with Crippen LogP contribution in [0, 0.1) is 5.92 Å². The van der Waals surface area contributed by atoms with Crippen LogP contribution in [0.25, 0.3) is 0 Å². The lowest BCUT2D eigenvalue weighted by Gasteiger charge is -2.30. The van der Waals surface area contributed by atoms with Crippen LogP contribution in [0.4, 0.5) is 9.80 Å². The molecule has 2 heterocycles. The summed E-state index contributed by atoms with van der Waals surface area (Å²) in [5, 5.41) is 12.6. The number of carbonyl (C=O) groups is 3. The summed E-state index contributed by atoms with van der Waals surface area (Å²) in [6.45, 7) is 4.06. The Bertz CT molecular complexity index is 1030. The summed E-state index contributed by atoms with van der Waals surface area (Å²) in [5.41, 5.74) is 2.46. The average molecular weight is 499 g/mol. The van der Waals surface area contributed by atoms with Gasteiger partial charge >= 0.3 is 12.0 Å². The first kappa shape index (κ1) is 25.2. The molecule has 1 aromatic carbocycles. The third-order valence-electron chi connectivity index (χ3n) is 6.61. The molecule has 1 unspecified atom stereocenters. The third-order valence-corrected chi connectivity index (χ3v) is 7.82. The van der Waals surface area contributed by atoms with Crippen LogP contribution in [0.1, 0.15) is 59.0 Å². The van der Waals surface area contributed by atoms with Crippen molar-refractivity contribution >= 4 is 34.2 Å². The molecular formula is C26H34N4O4S. The predicted octanol–water partition coefficient (Wildman–Crippen LogP) is 3.61. The van der Waals surface area contributed by atoms with E-state index in [0.717, 1.165) is 67.6 Å². The predicted molar refractivity (Wildman–Crippen MR) is 137 cm³/mol. The molecule has 188 valence electrons. The highest BCUT2D eigenvalue weighted by Crippen LogP contribution is 2.38. The van der Waals surface area contributed by atoms with Crippen molar-refractivity contribution in [1.29, 1.82) is 0 Å². The number of rotatable bonds is 8. The lowest BCUT2D eigenvalue weighted by Crippen LogP contribution is -2.53. The first-order chi connectivity index (χ1) is 17.1. The van der Waals surface area contributed by atoms with Gasteiger partial charge in [-0.1, -0.05) is 30.3 Å². The molecule has 2 aliphatic rings. The molecule has 35 heavy (non-hydrogen) atoms. The van der Waals surface area contributed by atoms with Crippen LogP contribution < -0.4 is 21.3 Å². The van der Waals surface area contributed by atoms with Gasteiger partial charge in [0.05, 0.1) is 12.2 Å². The minimum Gasteiger partial charge on any atom is -0.462 e. The maximum atomic E-state index is 13.2. The number of carbonyl (C=O) groups excluding carboxylic acids is 3. The van der Waals surface area contributed by atoms with Gasteiger partial charge in [-0.05, 0) is 75.6 Å². The monoisotopic (exact) mass is 498 g/mol. The molecule has 1 aromatic heterocycles. The lowest BCUT2D eigenvalue weighted by atomic mass is 9.89. The molecule has 1 fully saturated rings. The average Bonchev–Trinajstić information content (AvgIpc) is 3.25. The first-order valence-electron chi connectivity index (χ1n) is 12.5. The number of benzene rings is 1. The van der Waals surface area contributed by atoms with E-state index in [1.165, 1.54) is 11.3 Å². The largest absolute Gasteiger partial charge is 0.462 e. The van der Waals surface area contributed by atoms with Gasteiger partial charge in [0, 0.05) is 11.4 Å². The lowest BCUT2D eigenvalue weighted by molar-refractivity contribution is -0.124. The third kappa shape index (κ3) is 6.41. The van der Waals surface area contributed by atoms with Crippen molar-refractivity contribution in [3.8, 4) is 0 Å². The van der Waals surface area contributed by atoms with Crippen molar-refractivity contribution in [2.45, 2.75) is 58.0 Å². The molecule has 1 atom stereocenters. The van der Waals surface area contributed by atoms with Gasteiger partial charge in [-0.3, -0.25) is 10.1 Å². The Hall–Kier alpha value is -2.91. The highest BCUT2D eigenvalue weighted by Gasteiger charge is 2.32. The highest BCUT2D eigenvalue weighted by molar-refractivity contribution is 7.17. The van der Waals surface area contributed by atoms with E-state index >= 15 is 0 Å². The molecule has 0 radical (unpaired) electrons. The van der Waals surface area contributed by atoms with Crippen molar-refractivity contribution in [1.82, 2.24) is 16.0 Å². The minimum absolute atomic E-state index is 0.0267. The maximum Gasteiger partial charge on any atom is 0.341 e. The van der Waals surface area contributed by atoms with Gasteiger partial charge in [0.25, 0.3) is 0 Å². The van der Waals surface area contributed by atoms with Crippen molar-refractivity contribution in [3.63, 3.8) is 0 Å². The summed E-state index contributed by atoms with van der Waals surface area (Å²) in [5.74, 6) is -0.580. The van der Waals surface area contributed by atoms with E-state index in [0.29, 0.717) is 17.1 Å². The number of amides is 3. The number of urea groups is 1. The van der Waals surface area contributed by atoms with E-state index in [2.05, 4.69) is 21.3 Å². The SMILES string of the molecule is CCOC(=O)c1c(NC(=O)NC(C(=O)NCc2ccccc2)C2CCNCC2)sc2c1CCCC2. The molecule has 4 rings (SSSR count). The molecule has 3 amide bonds. The van der Waals surface area contributed by atoms with E-state index in [9.17, 15) is 14.4 Å². The number of thiophene rings is 1. The number of esters is 1. The Morgan fingerprint density at radius 2 is 1.86 bits per heavy atom. The normalized spacial score (nSPS) is 16.6. The number of nitrogens with one attached hydrogen (secondary N) is 4. The summed E-state index contributed by atoms with van der Waals surface area (Å²) in [4.78, 5) is 40.2. The number of piperidine rings is 1. The number of aryl methyl sites for hydroxylation is 1. The molecule has 1 saturated heterocycles. The van der Waals surface area contributed by atoms with Crippen molar-refractivity contribution in [2.24, 2.45) is 5.92 Å². The Balaban J connectivity index is 1.48. The molecule has 0 spiro atoms. The van der Waals surface area contributed by atoms with E-state index < -0.39 is 18.0 Å². The summed E-state index contributed by atoms with van der Waals surface area (Å²) in [6.07, 6.45) is 5.39. The van der Waals surface area contributed by atoms with Crippen LogP contribution in [0.15, 0.2) is 30.3 Å². The molecule has 0 saturated carbocycles. The Morgan fingerprint density at radius 1 is 1.11 bits per heavy atom. The second kappa shape index (κ2) is 12.2. The maximum absolute atomic E-state index is 13.2. The fourth-order valence-corrected chi connectivity index (χ4v) is 6.10. The zero-order valence-corrected chi connectivity index (χ0v) is 21.0. The fourth-order valence-electron chi connectivity index (χ4n) is 4.82. The van der Waals surface area contributed by atoms with Gasteiger partial charge in [-0.2, -0.15) is 0 Å². The van der Waals surface area contributed by atoms with Crippen molar-refractivity contribution in [2.75, 3.05) is 25.0 Å². The zero-order chi connectivity index (χ0) is 24.6.